The van der Waals surface area contributed by atoms with Crippen molar-refractivity contribution in [2.24, 2.45) is 11.7 Å². The third-order valence-corrected chi connectivity index (χ3v) is 3.61. The van der Waals surface area contributed by atoms with E-state index in [2.05, 4.69) is 13.8 Å². The number of halogens is 1. The molecule has 0 saturated carbocycles. The molecule has 0 heterocycles. The average molecular weight is 287 g/mol. The van der Waals surface area contributed by atoms with Crippen LogP contribution in [0.3, 0.4) is 0 Å². The van der Waals surface area contributed by atoms with Gasteiger partial charge in [0, 0.05) is 6.07 Å². The van der Waals surface area contributed by atoms with Crippen molar-refractivity contribution in [2.45, 2.75) is 32.9 Å². The van der Waals surface area contributed by atoms with Crippen molar-refractivity contribution < 1.29 is 9.13 Å². The van der Waals surface area contributed by atoms with E-state index in [0.717, 1.165) is 5.56 Å². The van der Waals surface area contributed by atoms with Crippen LogP contribution in [0.4, 0.5) is 4.39 Å². The van der Waals surface area contributed by atoms with Crippen LogP contribution in [0.5, 0.6) is 5.75 Å². The van der Waals surface area contributed by atoms with Gasteiger partial charge in [0.1, 0.15) is 17.7 Å². The van der Waals surface area contributed by atoms with Crippen LogP contribution in [0.25, 0.3) is 0 Å². The molecule has 0 aromatic heterocycles. The molecule has 3 heteroatoms. The van der Waals surface area contributed by atoms with E-state index in [9.17, 15) is 4.39 Å². The third kappa shape index (κ3) is 3.82. The summed E-state index contributed by atoms with van der Waals surface area (Å²) in [6, 6.07) is 14.5. The zero-order valence-corrected chi connectivity index (χ0v) is 12.7. The van der Waals surface area contributed by atoms with E-state index < -0.39 is 0 Å². The van der Waals surface area contributed by atoms with Crippen LogP contribution in [-0.2, 0) is 0 Å². The Morgan fingerprint density at radius 2 is 1.71 bits per heavy atom. The second kappa shape index (κ2) is 6.72. The first-order valence-electron chi connectivity index (χ1n) is 7.22. The number of hydrogen-bond acceptors (Lipinski definition) is 2. The first-order valence-corrected chi connectivity index (χ1v) is 7.22. The van der Waals surface area contributed by atoms with Gasteiger partial charge < -0.3 is 10.5 Å². The molecule has 2 N–H and O–H groups in total. The lowest BCUT2D eigenvalue weighted by Gasteiger charge is -2.28. The molecule has 0 aliphatic heterocycles. The van der Waals surface area contributed by atoms with E-state index in [4.69, 9.17) is 10.5 Å². The summed E-state index contributed by atoms with van der Waals surface area (Å²) in [4.78, 5) is 0. The molecule has 21 heavy (non-hydrogen) atoms. The molecule has 0 radical (unpaired) electrons. The molecular weight excluding hydrogens is 265 g/mol. The maximum absolute atomic E-state index is 13.6. The smallest absolute Gasteiger partial charge is 0.129 e. The Balaban J connectivity index is 2.21. The molecular formula is C18H22FNO. The van der Waals surface area contributed by atoms with Crippen LogP contribution < -0.4 is 10.5 Å². The van der Waals surface area contributed by atoms with Crippen LogP contribution in [-0.4, -0.2) is 6.10 Å². The van der Waals surface area contributed by atoms with Crippen molar-refractivity contribution >= 4 is 0 Å². The fourth-order valence-corrected chi connectivity index (χ4v) is 2.29. The van der Waals surface area contributed by atoms with Crippen LogP contribution in [0, 0.1) is 18.7 Å². The molecule has 0 aliphatic rings. The highest BCUT2D eigenvalue weighted by Gasteiger charge is 2.25. The van der Waals surface area contributed by atoms with Crippen molar-refractivity contribution in [3.05, 3.63) is 65.5 Å². The van der Waals surface area contributed by atoms with Gasteiger partial charge in [0.25, 0.3) is 0 Å². The fraction of sp³-hybridized carbons (Fsp3) is 0.333. The molecule has 2 rings (SSSR count). The molecule has 112 valence electrons. The summed E-state index contributed by atoms with van der Waals surface area (Å²) in [7, 11) is 0. The Morgan fingerprint density at radius 1 is 1.05 bits per heavy atom. The van der Waals surface area contributed by atoms with E-state index in [1.165, 1.54) is 6.07 Å². The van der Waals surface area contributed by atoms with Crippen LogP contribution in [0.2, 0.25) is 0 Å². The Labute approximate surface area is 125 Å². The Kier molecular flexibility index (Phi) is 4.97. The Morgan fingerprint density at radius 3 is 2.29 bits per heavy atom. The Hall–Kier alpha value is -1.87. The number of nitrogens with two attached hydrogens (primary N) is 1. The first-order chi connectivity index (χ1) is 9.99. The van der Waals surface area contributed by atoms with Gasteiger partial charge in [-0.05, 0) is 30.0 Å². The van der Waals surface area contributed by atoms with Crippen LogP contribution in [0.1, 0.15) is 31.0 Å². The van der Waals surface area contributed by atoms with Gasteiger partial charge in [0.05, 0.1) is 6.04 Å². The van der Waals surface area contributed by atoms with Gasteiger partial charge in [-0.3, -0.25) is 0 Å². The molecule has 2 aromatic rings. The summed E-state index contributed by atoms with van der Waals surface area (Å²) < 4.78 is 19.6. The van der Waals surface area contributed by atoms with Crippen LogP contribution in [0.15, 0.2) is 48.5 Å². The monoisotopic (exact) mass is 287 g/mol. The van der Waals surface area contributed by atoms with Crippen molar-refractivity contribution in [3.8, 4) is 5.75 Å². The molecule has 0 amide bonds. The predicted molar refractivity (Wildman–Crippen MR) is 83.8 cm³/mol. The van der Waals surface area contributed by atoms with Crippen molar-refractivity contribution in [1.82, 2.24) is 0 Å². The molecule has 0 bridgehead atoms. The number of hydrogen-bond donors (Lipinski definition) is 1. The second-order valence-corrected chi connectivity index (χ2v) is 5.67. The highest BCUT2D eigenvalue weighted by atomic mass is 19.1. The van der Waals surface area contributed by atoms with Gasteiger partial charge in [-0.1, -0.05) is 50.2 Å². The van der Waals surface area contributed by atoms with E-state index in [-0.39, 0.29) is 23.9 Å². The quantitative estimate of drug-likeness (QED) is 0.892. The fourth-order valence-electron chi connectivity index (χ4n) is 2.29. The zero-order valence-electron chi connectivity index (χ0n) is 12.7. The lowest BCUT2D eigenvalue weighted by molar-refractivity contribution is 0.123. The molecule has 2 nitrogen and oxygen atoms in total. The topological polar surface area (TPSA) is 35.2 Å². The highest BCUT2D eigenvalue weighted by molar-refractivity contribution is 5.29. The van der Waals surface area contributed by atoms with Gasteiger partial charge in [-0.2, -0.15) is 0 Å². The minimum atomic E-state index is -0.261. The van der Waals surface area contributed by atoms with E-state index in [0.29, 0.717) is 11.3 Å². The van der Waals surface area contributed by atoms with Gasteiger partial charge in [-0.15, -0.1) is 0 Å². The summed E-state index contributed by atoms with van der Waals surface area (Å²) in [5, 5.41) is 0. The van der Waals surface area contributed by atoms with Gasteiger partial charge in [-0.25, -0.2) is 4.39 Å². The standard InChI is InChI=1S/C18H22FNO/c1-12(2)18(17(20)14-7-5-4-6-8-14)21-15-10-9-13(3)16(19)11-15/h4-12,17-18H,20H2,1-3H3. The van der Waals surface area contributed by atoms with Crippen LogP contribution >= 0.6 is 0 Å². The van der Waals surface area contributed by atoms with Gasteiger partial charge in [0.2, 0.25) is 0 Å². The summed E-state index contributed by atoms with van der Waals surface area (Å²) in [5.41, 5.74) is 7.96. The maximum Gasteiger partial charge on any atom is 0.129 e. The highest BCUT2D eigenvalue weighted by Crippen LogP contribution is 2.26. The molecule has 2 atom stereocenters. The lowest BCUT2D eigenvalue weighted by Crippen LogP contribution is -2.35. The number of rotatable bonds is 5. The SMILES string of the molecule is Cc1ccc(OC(C(C)C)C(N)c2ccccc2)cc1F. The van der Waals surface area contributed by atoms with Crippen molar-refractivity contribution in [2.75, 3.05) is 0 Å². The predicted octanol–water partition coefficient (Wildman–Crippen LogP) is 4.24. The molecule has 0 aliphatic carbocycles. The number of benzene rings is 2. The largest absolute Gasteiger partial charge is 0.488 e. The molecule has 2 unspecified atom stereocenters. The molecule has 2 aromatic carbocycles. The summed E-state index contributed by atoms with van der Waals surface area (Å²) in [5.74, 6) is 0.469. The zero-order chi connectivity index (χ0) is 15.4. The van der Waals surface area contributed by atoms with Crippen molar-refractivity contribution in [1.29, 1.82) is 0 Å². The van der Waals surface area contributed by atoms with E-state index >= 15 is 0 Å². The minimum Gasteiger partial charge on any atom is -0.488 e. The van der Waals surface area contributed by atoms with Crippen molar-refractivity contribution in [3.63, 3.8) is 0 Å². The second-order valence-electron chi connectivity index (χ2n) is 5.67. The van der Waals surface area contributed by atoms with Gasteiger partial charge >= 0.3 is 0 Å². The average Bonchev–Trinajstić information content (AvgIpc) is 2.48. The number of ether oxygens (including phenoxy) is 1. The first kappa shape index (κ1) is 15.5. The number of aryl methyl sites for hydroxylation is 1. The van der Waals surface area contributed by atoms with E-state index in [1.54, 1.807) is 19.1 Å². The molecule has 0 fully saturated rings. The van der Waals surface area contributed by atoms with Gasteiger partial charge in [0.15, 0.2) is 0 Å². The maximum atomic E-state index is 13.6. The third-order valence-electron chi connectivity index (χ3n) is 3.61. The molecule has 0 saturated heterocycles. The molecule has 0 spiro atoms. The lowest BCUT2D eigenvalue weighted by atomic mass is 9.94. The van der Waals surface area contributed by atoms with E-state index in [1.807, 2.05) is 30.3 Å². The Bertz CT molecular complexity index is 583. The summed E-state index contributed by atoms with van der Waals surface area (Å²) in [6.07, 6.45) is -0.213. The summed E-state index contributed by atoms with van der Waals surface area (Å²) in [6.45, 7) is 5.84. The summed E-state index contributed by atoms with van der Waals surface area (Å²) >= 11 is 0. The minimum absolute atomic E-state index is 0.213. The normalized spacial score (nSPS) is 14.0.